The summed E-state index contributed by atoms with van der Waals surface area (Å²) < 4.78 is 0.858. The molecule has 0 aliphatic carbocycles. The van der Waals surface area contributed by atoms with Crippen molar-refractivity contribution in [1.29, 1.82) is 0 Å². The Kier molecular flexibility index (Phi) is 5.59. The zero-order valence-corrected chi connectivity index (χ0v) is 12.0. The van der Waals surface area contributed by atoms with Crippen LogP contribution in [0, 0.1) is 11.8 Å². The number of hydrogen-bond acceptors (Lipinski definition) is 3. The molecule has 1 aromatic heterocycles. The van der Waals surface area contributed by atoms with Gasteiger partial charge in [-0.25, -0.2) is 0 Å². The monoisotopic (exact) mass is 260 g/mol. The van der Waals surface area contributed by atoms with Gasteiger partial charge in [0.25, 0.3) is 0 Å². The summed E-state index contributed by atoms with van der Waals surface area (Å²) in [6, 6.07) is 4.05. The lowest BCUT2D eigenvalue weighted by Crippen LogP contribution is -2.34. The summed E-state index contributed by atoms with van der Waals surface area (Å²) in [7, 11) is 4.14. The van der Waals surface area contributed by atoms with Crippen molar-refractivity contribution >= 4 is 27.9 Å². The van der Waals surface area contributed by atoms with E-state index in [-0.39, 0.29) is 0 Å². The predicted octanol–water partition coefficient (Wildman–Crippen LogP) is 3.33. The van der Waals surface area contributed by atoms with E-state index >= 15 is 0 Å². The Bertz CT molecular complexity index is 312. The first-order valence-corrected chi connectivity index (χ1v) is 6.85. The second-order valence-electron chi connectivity index (χ2n) is 4.52. The van der Waals surface area contributed by atoms with Gasteiger partial charge in [0.15, 0.2) is 0 Å². The molecule has 1 atom stereocenters. The molecule has 0 bridgehead atoms. The van der Waals surface area contributed by atoms with E-state index in [4.69, 9.17) is 11.6 Å². The van der Waals surface area contributed by atoms with Crippen molar-refractivity contribution in [3.63, 3.8) is 0 Å². The Morgan fingerprint density at radius 1 is 1.44 bits per heavy atom. The molecule has 16 heavy (non-hydrogen) atoms. The predicted molar refractivity (Wildman–Crippen MR) is 74.9 cm³/mol. The number of thiophene rings is 1. The van der Waals surface area contributed by atoms with E-state index in [1.165, 1.54) is 5.00 Å². The molecular weight excluding hydrogens is 240 g/mol. The van der Waals surface area contributed by atoms with E-state index in [1.54, 1.807) is 11.3 Å². The fourth-order valence-corrected chi connectivity index (χ4v) is 2.73. The van der Waals surface area contributed by atoms with Gasteiger partial charge in [-0.05, 0) is 37.6 Å². The lowest BCUT2D eigenvalue weighted by atomic mass is 9.95. The molecule has 1 rings (SSSR count). The van der Waals surface area contributed by atoms with Crippen LogP contribution in [0.1, 0.15) is 13.8 Å². The van der Waals surface area contributed by atoms with Gasteiger partial charge in [-0.2, -0.15) is 0 Å². The summed E-state index contributed by atoms with van der Waals surface area (Å²) in [5.74, 6) is 1.35. The van der Waals surface area contributed by atoms with Crippen LogP contribution in [0.15, 0.2) is 12.1 Å². The van der Waals surface area contributed by atoms with Crippen LogP contribution in [0.25, 0.3) is 0 Å². The zero-order chi connectivity index (χ0) is 12.1. The van der Waals surface area contributed by atoms with Gasteiger partial charge in [-0.1, -0.05) is 25.4 Å². The smallest absolute Gasteiger partial charge is 0.0950 e. The Morgan fingerprint density at radius 3 is 2.56 bits per heavy atom. The second kappa shape index (κ2) is 6.48. The summed E-state index contributed by atoms with van der Waals surface area (Å²) in [6.07, 6.45) is 0. The third-order valence-corrected chi connectivity index (χ3v) is 4.20. The van der Waals surface area contributed by atoms with Gasteiger partial charge in [0, 0.05) is 13.6 Å². The van der Waals surface area contributed by atoms with Crippen LogP contribution < -0.4 is 10.2 Å². The maximum atomic E-state index is 5.94. The largest absolute Gasteiger partial charge is 0.366 e. The Morgan fingerprint density at radius 2 is 2.12 bits per heavy atom. The van der Waals surface area contributed by atoms with E-state index in [9.17, 15) is 0 Å². The SMILES string of the molecule is CNCC(CN(C)c1ccc(Cl)s1)C(C)C. The van der Waals surface area contributed by atoms with E-state index in [0.29, 0.717) is 11.8 Å². The molecule has 0 saturated heterocycles. The van der Waals surface area contributed by atoms with Crippen LogP contribution in [0.2, 0.25) is 4.34 Å². The molecule has 1 N–H and O–H groups in total. The molecular formula is C12H21ClN2S. The minimum atomic E-state index is 0.663. The van der Waals surface area contributed by atoms with Gasteiger partial charge in [0.2, 0.25) is 0 Å². The maximum absolute atomic E-state index is 5.94. The molecule has 0 radical (unpaired) electrons. The minimum Gasteiger partial charge on any atom is -0.366 e. The van der Waals surface area contributed by atoms with Crippen molar-refractivity contribution in [3.8, 4) is 0 Å². The molecule has 1 aromatic rings. The average Bonchev–Trinajstić information content (AvgIpc) is 2.64. The van der Waals surface area contributed by atoms with Crippen LogP contribution in [-0.4, -0.2) is 27.2 Å². The lowest BCUT2D eigenvalue weighted by Gasteiger charge is -2.27. The van der Waals surface area contributed by atoms with Gasteiger partial charge in [-0.3, -0.25) is 0 Å². The van der Waals surface area contributed by atoms with Crippen LogP contribution in [-0.2, 0) is 0 Å². The highest BCUT2D eigenvalue weighted by Crippen LogP contribution is 2.29. The zero-order valence-electron chi connectivity index (χ0n) is 10.5. The van der Waals surface area contributed by atoms with Crippen LogP contribution >= 0.6 is 22.9 Å². The van der Waals surface area contributed by atoms with Crippen molar-refractivity contribution in [2.45, 2.75) is 13.8 Å². The molecule has 2 nitrogen and oxygen atoms in total. The molecule has 0 aliphatic heterocycles. The Labute approximate surface area is 108 Å². The van der Waals surface area contributed by atoms with E-state index in [0.717, 1.165) is 17.4 Å². The maximum Gasteiger partial charge on any atom is 0.0950 e. The molecule has 0 spiro atoms. The quantitative estimate of drug-likeness (QED) is 0.844. The van der Waals surface area contributed by atoms with Gasteiger partial charge < -0.3 is 10.2 Å². The Hall–Kier alpha value is -0.250. The summed E-state index contributed by atoms with van der Waals surface area (Å²) >= 11 is 7.58. The molecule has 0 aliphatic rings. The highest BCUT2D eigenvalue weighted by Gasteiger charge is 2.16. The molecule has 1 unspecified atom stereocenters. The summed E-state index contributed by atoms with van der Waals surface area (Å²) in [4.78, 5) is 2.29. The standard InChI is InChI=1S/C12H21ClN2S/c1-9(2)10(7-14-3)8-15(4)12-6-5-11(13)16-12/h5-6,9-10,14H,7-8H2,1-4H3. The number of halogens is 1. The van der Waals surface area contributed by atoms with Crippen molar-refractivity contribution < 1.29 is 0 Å². The lowest BCUT2D eigenvalue weighted by molar-refractivity contribution is 0.377. The molecule has 0 aromatic carbocycles. The second-order valence-corrected chi connectivity index (χ2v) is 6.21. The molecule has 0 fully saturated rings. The third kappa shape index (κ3) is 3.96. The van der Waals surface area contributed by atoms with Crippen molar-refractivity contribution in [3.05, 3.63) is 16.5 Å². The average molecular weight is 261 g/mol. The highest BCUT2D eigenvalue weighted by molar-refractivity contribution is 7.19. The van der Waals surface area contributed by atoms with Crippen molar-refractivity contribution in [1.82, 2.24) is 5.32 Å². The summed E-state index contributed by atoms with van der Waals surface area (Å²) in [5.41, 5.74) is 0. The van der Waals surface area contributed by atoms with Crippen LogP contribution in [0.3, 0.4) is 0 Å². The van der Waals surface area contributed by atoms with E-state index in [2.05, 4.69) is 37.2 Å². The fourth-order valence-electron chi connectivity index (χ4n) is 1.72. The number of nitrogens with one attached hydrogen (secondary N) is 1. The van der Waals surface area contributed by atoms with Crippen LogP contribution in [0.4, 0.5) is 5.00 Å². The highest BCUT2D eigenvalue weighted by atomic mass is 35.5. The molecule has 0 saturated carbocycles. The number of anilines is 1. The fraction of sp³-hybridized carbons (Fsp3) is 0.667. The van der Waals surface area contributed by atoms with E-state index in [1.807, 2.05) is 13.1 Å². The van der Waals surface area contributed by atoms with E-state index < -0.39 is 0 Å². The third-order valence-electron chi connectivity index (χ3n) is 2.85. The Balaban J connectivity index is 2.57. The molecule has 0 amide bonds. The summed E-state index contributed by atoms with van der Waals surface area (Å²) in [5, 5.41) is 4.50. The van der Waals surface area contributed by atoms with Gasteiger partial charge in [0.05, 0.1) is 9.34 Å². The van der Waals surface area contributed by atoms with Gasteiger partial charge >= 0.3 is 0 Å². The number of rotatable bonds is 6. The topological polar surface area (TPSA) is 15.3 Å². The first-order chi connectivity index (χ1) is 7.54. The summed E-state index contributed by atoms with van der Waals surface area (Å²) in [6.45, 7) is 6.67. The molecule has 4 heteroatoms. The normalized spacial score (nSPS) is 13.1. The number of hydrogen-bond donors (Lipinski definition) is 1. The molecule has 92 valence electrons. The van der Waals surface area contributed by atoms with Crippen molar-refractivity contribution in [2.24, 2.45) is 11.8 Å². The minimum absolute atomic E-state index is 0.663. The van der Waals surface area contributed by atoms with Gasteiger partial charge in [0.1, 0.15) is 0 Å². The first-order valence-electron chi connectivity index (χ1n) is 5.65. The van der Waals surface area contributed by atoms with Crippen molar-refractivity contribution in [2.75, 3.05) is 32.1 Å². The molecule has 1 heterocycles. The first kappa shape index (κ1) is 13.8. The van der Waals surface area contributed by atoms with Crippen LogP contribution in [0.5, 0.6) is 0 Å². The van der Waals surface area contributed by atoms with Gasteiger partial charge in [-0.15, -0.1) is 11.3 Å². The number of nitrogens with zero attached hydrogens (tertiary/aromatic N) is 1.